The molecule has 2 rings (SSSR count). The number of oxazole rings is 1. The Morgan fingerprint density at radius 3 is 2.56 bits per heavy atom. The van der Waals surface area contributed by atoms with E-state index in [4.69, 9.17) is 16.0 Å². The molecule has 1 atom stereocenters. The van der Waals surface area contributed by atoms with E-state index in [-0.39, 0.29) is 5.89 Å². The molecule has 1 unspecified atom stereocenters. The molecular formula is C11H8ClNO3. The van der Waals surface area contributed by atoms with Gasteiger partial charge in [0.05, 0.1) is 6.20 Å². The third-order valence-electron chi connectivity index (χ3n) is 2.19. The van der Waals surface area contributed by atoms with Crippen molar-refractivity contribution < 1.29 is 14.3 Å². The zero-order valence-corrected chi connectivity index (χ0v) is 8.89. The third kappa shape index (κ3) is 1.57. The van der Waals surface area contributed by atoms with Crippen LogP contribution in [0.2, 0.25) is 0 Å². The lowest BCUT2D eigenvalue weighted by molar-refractivity contribution is -0.139. The Bertz CT molecular complexity index is 483. The van der Waals surface area contributed by atoms with Crippen LogP contribution in [0.25, 0.3) is 0 Å². The monoisotopic (exact) mass is 237 g/mol. The van der Waals surface area contributed by atoms with Crippen LogP contribution in [0.3, 0.4) is 0 Å². The summed E-state index contributed by atoms with van der Waals surface area (Å²) in [5, 5.41) is 9.23. The Morgan fingerprint density at radius 1 is 1.38 bits per heavy atom. The summed E-state index contributed by atoms with van der Waals surface area (Å²) in [4.78, 5) is 13.3. The van der Waals surface area contributed by atoms with Crippen LogP contribution in [-0.4, -0.2) is 16.1 Å². The number of aliphatic carboxylic acids is 1. The maximum Gasteiger partial charge on any atom is 0.339 e. The highest BCUT2D eigenvalue weighted by Gasteiger charge is 2.44. The first-order chi connectivity index (χ1) is 7.65. The number of benzene rings is 1. The molecule has 4 nitrogen and oxygen atoms in total. The maximum atomic E-state index is 11.3. The van der Waals surface area contributed by atoms with Gasteiger partial charge in [-0.2, -0.15) is 0 Å². The number of aromatic nitrogens is 1. The molecule has 0 fully saturated rings. The predicted molar refractivity (Wildman–Crippen MR) is 57.2 cm³/mol. The first-order valence-corrected chi connectivity index (χ1v) is 4.91. The summed E-state index contributed by atoms with van der Waals surface area (Å²) >= 11 is 6.11. The second kappa shape index (κ2) is 3.98. The molecule has 0 saturated heterocycles. The molecule has 1 aromatic carbocycles. The van der Waals surface area contributed by atoms with Crippen LogP contribution in [0.1, 0.15) is 11.5 Å². The SMILES string of the molecule is O=C(O)C(Cl)(c1ccccc1)c1ncco1. The predicted octanol–water partition coefficient (Wildman–Crippen LogP) is 2.24. The van der Waals surface area contributed by atoms with Gasteiger partial charge < -0.3 is 9.52 Å². The number of carboxylic acids is 1. The second-order valence-corrected chi connectivity index (χ2v) is 3.73. The van der Waals surface area contributed by atoms with Gasteiger partial charge in [-0.25, -0.2) is 9.78 Å². The largest absolute Gasteiger partial charge is 0.479 e. The molecule has 5 heteroatoms. The van der Waals surface area contributed by atoms with E-state index in [9.17, 15) is 9.90 Å². The number of alkyl halides is 1. The van der Waals surface area contributed by atoms with Crippen molar-refractivity contribution in [3.8, 4) is 0 Å². The van der Waals surface area contributed by atoms with Gasteiger partial charge in [0, 0.05) is 0 Å². The smallest absolute Gasteiger partial charge is 0.339 e. The summed E-state index contributed by atoms with van der Waals surface area (Å²) in [6, 6.07) is 8.42. The van der Waals surface area contributed by atoms with Crippen molar-refractivity contribution in [1.29, 1.82) is 0 Å². The fourth-order valence-electron chi connectivity index (χ4n) is 1.40. The van der Waals surface area contributed by atoms with Crippen LogP contribution in [0.5, 0.6) is 0 Å². The molecule has 2 aromatic rings. The van der Waals surface area contributed by atoms with Crippen LogP contribution in [0, 0.1) is 0 Å². The van der Waals surface area contributed by atoms with E-state index in [0.29, 0.717) is 5.56 Å². The van der Waals surface area contributed by atoms with Gasteiger partial charge in [0.25, 0.3) is 0 Å². The molecule has 1 heterocycles. The normalized spacial score (nSPS) is 14.3. The summed E-state index contributed by atoms with van der Waals surface area (Å²) in [5.41, 5.74) is 0.409. The number of rotatable bonds is 3. The number of hydrogen-bond acceptors (Lipinski definition) is 3. The Balaban J connectivity index is 2.58. The molecule has 0 bridgehead atoms. The molecule has 0 aliphatic rings. The van der Waals surface area contributed by atoms with Crippen LogP contribution in [-0.2, 0) is 9.67 Å². The second-order valence-electron chi connectivity index (χ2n) is 3.17. The highest BCUT2D eigenvalue weighted by atomic mass is 35.5. The van der Waals surface area contributed by atoms with Gasteiger partial charge >= 0.3 is 5.97 Å². The number of nitrogens with zero attached hydrogens (tertiary/aromatic N) is 1. The highest BCUT2D eigenvalue weighted by Crippen LogP contribution is 2.35. The first kappa shape index (κ1) is 10.7. The molecule has 16 heavy (non-hydrogen) atoms. The quantitative estimate of drug-likeness (QED) is 0.832. The van der Waals surface area contributed by atoms with E-state index in [1.54, 1.807) is 30.3 Å². The average Bonchev–Trinajstić information content (AvgIpc) is 2.82. The van der Waals surface area contributed by atoms with E-state index in [2.05, 4.69) is 4.98 Å². The first-order valence-electron chi connectivity index (χ1n) is 4.53. The summed E-state index contributed by atoms with van der Waals surface area (Å²) in [7, 11) is 0. The Morgan fingerprint density at radius 2 is 2.06 bits per heavy atom. The standard InChI is InChI=1S/C11H8ClNO3/c12-11(10(14)15,9-13-6-7-16-9)8-4-2-1-3-5-8/h1-7H,(H,14,15). The number of carboxylic acid groups (broad SMARTS) is 1. The Labute approximate surface area is 96.5 Å². The molecule has 0 aliphatic heterocycles. The topological polar surface area (TPSA) is 63.3 Å². The Hall–Kier alpha value is -1.81. The third-order valence-corrected chi connectivity index (χ3v) is 2.73. The fourth-order valence-corrected chi connectivity index (χ4v) is 1.62. The summed E-state index contributed by atoms with van der Waals surface area (Å²) in [6.07, 6.45) is 2.65. The van der Waals surface area contributed by atoms with E-state index in [0.717, 1.165) is 0 Å². The van der Waals surface area contributed by atoms with Crippen molar-refractivity contribution in [1.82, 2.24) is 4.98 Å². The average molecular weight is 238 g/mol. The molecule has 0 radical (unpaired) electrons. The van der Waals surface area contributed by atoms with E-state index in [1.165, 1.54) is 12.5 Å². The minimum Gasteiger partial charge on any atom is -0.479 e. The number of carbonyl (C=O) groups is 1. The Kier molecular flexibility index (Phi) is 2.66. The molecular weight excluding hydrogens is 230 g/mol. The van der Waals surface area contributed by atoms with Crippen molar-refractivity contribution in [3.05, 3.63) is 54.2 Å². The van der Waals surface area contributed by atoms with Crippen molar-refractivity contribution in [3.63, 3.8) is 0 Å². The van der Waals surface area contributed by atoms with E-state index >= 15 is 0 Å². The van der Waals surface area contributed by atoms with Crippen LogP contribution in [0.4, 0.5) is 0 Å². The highest BCUT2D eigenvalue weighted by molar-refractivity contribution is 6.35. The minimum atomic E-state index is -1.77. The molecule has 0 saturated carbocycles. The summed E-state index contributed by atoms with van der Waals surface area (Å²) in [6.45, 7) is 0. The van der Waals surface area contributed by atoms with Gasteiger partial charge in [-0.3, -0.25) is 0 Å². The number of halogens is 1. The van der Waals surface area contributed by atoms with Crippen LogP contribution in [0.15, 0.2) is 47.2 Å². The lowest BCUT2D eigenvalue weighted by atomic mass is 9.98. The van der Waals surface area contributed by atoms with Crippen molar-refractivity contribution in [2.45, 2.75) is 4.87 Å². The van der Waals surface area contributed by atoms with Gasteiger partial charge in [-0.1, -0.05) is 41.9 Å². The van der Waals surface area contributed by atoms with Gasteiger partial charge in [0.2, 0.25) is 10.8 Å². The van der Waals surface area contributed by atoms with Gasteiger partial charge in [0.15, 0.2) is 0 Å². The van der Waals surface area contributed by atoms with E-state index < -0.39 is 10.8 Å². The summed E-state index contributed by atoms with van der Waals surface area (Å²) in [5.74, 6) is -1.27. The molecule has 0 aliphatic carbocycles. The molecule has 82 valence electrons. The lowest BCUT2D eigenvalue weighted by Crippen LogP contribution is -2.31. The summed E-state index contributed by atoms with van der Waals surface area (Å²) < 4.78 is 4.99. The van der Waals surface area contributed by atoms with Crippen LogP contribution < -0.4 is 0 Å². The maximum absolute atomic E-state index is 11.3. The van der Waals surface area contributed by atoms with Gasteiger partial charge in [-0.15, -0.1) is 0 Å². The molecule has 1 N–H and O–H groups in total. The molecule has 0 spiro atoms. The lowest BCUT2D eigenvalue weighted by Gasteiger charge is -2.18. The minimum absolute atomic E-state index is 0.0483. The van der Waals surface area contributed by atoms with Crippen molar-refractivity contribution in [2.24, 2.45) is 0 Å². The zero-order chi connectivity index (χ0) is 11.6. The molecule has 1 aromatic heterocycles. The van der Waals surface area contributed by atoms with Crippen molar-refractivity contribution >= 4 is 17.6 Å². The fraction of sp³-hybridized carbons (Fsp3) is 0.0909. The van der Waals surface area contributed by atoms with Crippen molar-refractivity contribution in [2.75, 3.05) is 0 Å². The zero-order valence-electron chi connectivity index (χ0n) is 8.13. The van der Waals surface area contributed by atoms with Gasteiger partial charge in [-0.05, 0) is 5.56 Å². The molecule has 0 amide bonds. The van der Waals surface area contributed by atoms with Crippen LogP contribution >= 0.6 is 11.6 Å². The van der Waals surface area contributed by atoms with Gasteiger partial charge in [0.1, 0.15) is 6.26 Å². The number of hydrogen-bond donors (Lipinski definition) is 1. The van der Waals surface area contributed by atoms with E-state index in [1.807, 2.05) is 0 Å².